The number of benzene rings is 3. The summed E-state index contributed by atoms with van der Waals surface area (Å²) in [6, 6.07) is 18.3. The number of rotatable bonds is 6. The molecule has 3 amide bonds. The topological polar surface area (TPSA) is 92.8 Å². The maximum absolute atomic E-state index is 13.6. The van der Waals surface area contributed by atoms with Gasteiger partial charge < -0.3 is 10.1 Å². The van der Waals surface area contributed by atoms with Gasteiger partial charge in [0.2, 0.25) is 0 Å². The van der Waals surface area contributed by atoms with Crippen LogP contribution >= 0.6 is 0 Å². The molecular formula is C24H17FN2O5. The van der Waals surface area contributed by atoms with Gasteiger partial charge in [-0.05, 0) is 36.4 Å². The average Bonchev–Trinajstić information content (AvgIpc) is 3.07. The summed E-state index contributed by atoms with van der Waals surface area (Å²) in [6.45, 7) is -0.608. The molecule has 8 heteroatoms. The first-order chi connectivity index (χ1) is 15.5. The normalized spacial score (nSPS) is 12.5. The fourth-order valence-electron chi connectivity index (χ4n) is 3.30. The van der Waals surface area contributed by atoms with E-state index < -0.39 is 36.1 Å². The molecule has 0 saturated heterocycles. The number of ether oxygens (including phenoxy) is 1. The van der Waals surface area contributed by atoms with Crippen LogP contribution in [0, 0.1) is 5.82 Å². The van der Waals surface area contributed by atoms with Crippen molar-refractivity contribution in [2.24, 2.45) is 0 Å². The molecule has 3 aromatic carbocycles. The molecule has 1 aliphatic heterocycles. The van der Waals surface area contributed by atoms with E-state index in [0.29, 0.717) is 5.56 Å². The van der Waals surface area contributed by atoms with Crippen LogP contribution in [0.3, 0.4) is 0 Å². The molecule has 3 aromatic rings. The number of carbonyl (C=O) groups excluding carboxylic acids is 4. The van der Waals surface area contributed by atoms with Gasteiger partial charge >= 0.3 is 5.97 Å². The van der Waals surface area contributed by atoms with Crippen LogP contribution in [-0.4, -0.2) is 30.3 Å². The second-order valence-electron chi connectivity index (χ2n) is 6.99. The summed E-state index contributed by atoms with van der Waals surface area (Å²) in [5.41, 5.74) is 1.17. The Labute approximate surface area is 182 Å². The van der Waals surface area contributed by atoms with Gasteiger partial charge in [-0.2, -0.15) is 0 Å². The highest BCUT2D eigenvalue weighted by atomic mass is 19.1. The number of halogens is 1. The van der Waals surface area contributed by atoms with Crippen molar-refractivity contribution in [3.05, 3.63) is 101 Å². The number of amides is 3. The highest BCUT2D eigenvalue weighted by molar-refractivity contribution is 6.34. The van der Waals surface area contributed by atoms with Crippen LogP contribution in [0.15, 0.2) is 72.8 Å². The summed E-state index contributed by atoms with van der Waals surface area (Å²) in [6.07, 6.45) is 0. The zero-order chi connectivity index (χ0) is 22.7. The van der Waals surface area contributed by atoms with Gasteiger partial charge in [-0.15, -0.1) is 0 Å². The Kier molecular flexibility index (Phi) is 5.76. The van der Waals surface area contributed by atoms with E-state index in [0.717, 1.165) is 4.90 Å². The summed E-state index contributed by atoms with van der Waals surface area (Å²) < 4.78 is 18.6. The van der Waals surface area contributed by atoms with E-state index in [1.807, 2.05) is 0 Å². The molecule has 1 aliphatic rings. The van der Waals surface area contributed by atoms with Crippen LogP contribution in [0.4, 0.5) is 10.1 Å². The molecule has 1 N–H and O–H groups in total. The number of anilines is 1. The quantitative estimate of drug-likeness (QED) is 0.477. The molecule has 7 nitrogen and oxygen atoms in total. The smallest absolute Gasteiger partial charge is 0.338 e. The Bertz CT molecular complexity index is 1210. The van der Waals surface area contributed by atoms with Crippen LogP contribution in [0.1, 0.15) is 36.6 Å². The lowest BCUT2D eigenvalue weighted by Gasteiger charge is -2.15. The van der Waals surface area contributed by atoms with Gasteiger partial charge in [-0.3, -0.25) is 14.4 Å². The molecule has 32 heavy (non-hydrogen) atoms. The van der Waals surface area contributed by atoms with Crippen molar-refractivity contribution in [2.75, 3.05) is 11.5 Å². The summed E-state index contributed by atoms with van der Waals surface area (Å²) in [7, 11) is 0. The lowest BCUT2D eigenvalue weighted by atomic mass is 10.1. The zero-order valence-electron chi connectivity index (χ0n) is 16.7. The van der Waals surface area contributed by atoms with Gasteiger partial charge in [0.05, 0.1) is 22.4 Å². The molecule has 160 valence electrons. The van der Waals surface area contributed by atoms with Crippen molar-refractivity contribution in [1.29, 1.82) is 0 Å². The van der Waals surface area contributed by atoms with Gasteiger partial charge in [-0.25, -0.2) is 14.1 Å². The van der Waals surface area contributed by atoms with Crippen molar-refractivity contribution < 1.29 is 28.3 Å². The van der Waals surface area contributed by atoms with Gasteiger partial charge in [0.1, 0.15) is 5.82 Å². The predicted octanol–water partition coefficient (Wildman–Crippen LogP) is 3.10. The highest BCUT2D eigenvalue weighted by Gasteiger charge is 2.36. The van der Waals surface area contributed by atoms with Crippen LogP contribution in [0.25, 0.3) is 0 Å². The molecule has 0 bridgehead atoms. The number of nitrogens with zero attached hydrogens (tertiary/aromatic N) is 1. The van der Waals surface area contributed by atoms with Crippen LogP contribution < -0.4 is 10.2 Å². The van der Waals surface area contributed by atoms with Gasteiger partial charge in [-0.1, -0.05) is 36.4 Å². The minimum Gasteiger partial charge on any atom is -0.452 e. The second-order valence-corrected chi connectivity index (χ2v) is 6.99. The van der Waals surface area contributed by atoms with E-state index in [2.05, 4.69) is 5.32 Å². The molecule has 0 unspecified atom stereocenters. The van der Waals surface area contributed by atoms with Crippen LogP contribution in [-0.2, 0) is 16.1 Å². The third-order valence-electron chi connectivity index (χ3n) is 4.90. The Morgan fingerprint density at radius 3 is 2.22 bits per heavy atom. The average molecular weight is 432 g/mol. The molecule has 0 spiro atoms. The van der Waals surface area contributed by atoms with Gasteiger partial charge in [0.25, 0.3) is 17.7 Å². The van der Waals surface area contributed by atoms with Crippen molar-refractivity contribution in [3.8, 4) is 0 Å². The first-order valence-electron chi connectivity index (χ1n) is 9.71. The lowest BCUT2D eigenvalue weighted by Crippen LogP contribution is -2.30. The zero-order valence-corrected chi connectivity index (χ0v) is 16.7. The van der Waals surface area contributed by atoms with Gasteiger partial charge in [0.15, 0.2) is 6.61 Å². The monoisotopic (exact) mass is 432 g/mol. The molecule has 0 aliphatic carbocycles. The second kappa shape index (κ2) is 8.81. The molecule has 0 saturated carbocycles. The number of fused-ring (bicyclic) bond motifs is 1. The van der Waals surface area contributed by atoms with E-state index in [1.165, 1.54) is 36.4 Å². The van der Waals surface area contributed by atoms with Gasteiger partial charge in [0, 0.05) is 12.1 Å². The number of hydrogen-bond acceptors (Lipinski definition) is 5. The molecule has 4 rings (SSSR count). The first-order valence-corrected chi connectivity index (χ1v) is 9.71. The lowest BCUT2D eigenvalue weighted by molar-refractivity contribution is -0.124. The van der Waals surface area contributed by atoms with E-state index in [9.17, 15) is 23.6 Å². The number of esters is 1. The Balaban J connectivity index is 1.39. The van der Waals surface area contributed by atoms with Crippen molar-refractivity contribution in [1.82, 2.24) is 5.32 Å². The fraction of sp³-hybridized carbons (Fsp3) is 0.0833. The highest BCUT2D eigenvalue weighted by Crippen LogP contribution is 2.28. The maximum Gasteiger partial charge on any atom is 0.338 e. The summed E-state index contributed by atoms with van der Waals surface area (Å²) in [5, 5.41) is 2.47. The Morgan fingerprint density at radius 1 is 0.875 bits per heavy atom. The van der Waals surface area contributed by atoms with Crippen molar-refractivity contribution in [3.63, 3.8) is 0 Å². The molecule has 0 aromatic heterocycles. The van der Waals surface area contributed by atoms with Crippen LogP contribution in [0.2, 0.25) is 0 Å². The fourth-order valence-corrected chi connectivity index (χ4v) is 3.30. The number of hydrogen-bond donors (Lipinski definition) is 1. The summed E-state index contributed by atoms with van der Waals surface area (Å²) >= 11 is 0. The Morgan fingerprint density at radius 2 is 1.53 bits per heavy atom. The molecule has 0 atom stereocenters. The van der Waals surface area contributed by atoms with E-state index in [1.54, 1.807) is 36.4 Å². The SMILES string of the molecule is O=C(COC(=O)c1cccc(N2C(=O)c3ccccc3C2=O)c1)NCc1ccccc1F. The molecule has 0 fully saturated rings. The number of nitrogens with one attached hydrogen (secondary N) is 1. The molecular weight excluding hydrogens is 415 g/mol. The maximum atomic E-state index is 13.6. The minimum atomic E-state index is -0.801. The van der Waals surface area contributed by atoms with E-state index >= 15 is 0 Å². The van der Waals surface area contributed by atoms with Crippen LogP contribution in [0.5, 0.6) is 0 Å². The Hall–Kier alpha value is -4.33. The first kappa shape index (κ1) is 20.9. The largest absolute Gasteiger partial charge is 0.452 e. The van der Waals surface area contributed by atoms with Crippen molar-refractivity contribution >= 4 is 29.4 Å². The summed E-state index contributed by atoms with van der Waals surface area (Å²) in [4.78, 5) is 50.6. The molecule has 0 radical (unpaired) electrons. The molecule has 1 heterocycles. The van der Waals surface area contributed by atoms with E-state index in [-0.39, 0.29) is 28.9 Å². The number of imide groups is 1. The summed E-state index contributed by atoms with van der Waals surface area (Å²) in [5.74, 6) is -2.82. The standard InChI is InChI=1S/C24H17FN2O5/c25-20-11-4-1-6-16(20)13-26-21(28)14-32-24(31)15-7-5-8-17(12-15)27-22(29)18-9-2-3-10-19(18)23(27)30/h1-12H,13-14H2,(H,26,28). The number of carbonyl (C=O) groups is 4. The van der Waals surface area contributed by atoms with E-state index in [4.69, 9.17) is 4.74 Å². The third-order valence-corrected chi connectivity index (χ3v) is 4.90. The third kappa shape index (κ3) is 4.11. The minimum absolute atomic E-state index is 0.0434. The predicted molar refractivity (Wildman–Crippen MR) is 113 cm³/mol. The van der Waals surface area contributed by atoms with Crippen molar-refractivity contribution in [2.45, 2.75) is 6.54 Å².